The highest BCUT2D eigenvalue weighted by Gasteiger charge is 2.24. The maximum atomic E-state index is 12.7. The van der Waals surface area contributed by atoms with Gasteiger partial charge in [-0.3, -0.25) is 14.1 Å². The molecule has 0 atom stereocenters. The van der Waals surface area contributed by atoms with E-state index < -0.39 is 20.0 Å². The zero-order valence-corrected chi connectivity index (χ0v) is 18.1. The van der Waals surface area contributed by atoms with E-state index in [1.807, 2.05) is 6.92 Å². The van der Waals surface area contributed by atoms with Crippen LogP contribution in [0, 0.1) is 20.8 Å². The lowest BCUT2D eigenvalue weighted by Crippen LogP contribution is -2.15. The van der Waals surface area contributed by atoms with Crippen LogP contribution in [0.15, 0.2) is 58.3 Å². The standard InChI is InChI=1S/C19H22N4O4S2/c1-13-5-11-18(12-6-13)28(24,25)21-16-7-9-17(10-8-16)22-29(26,27)19-14(2)20-23(4)15(19)3/h5-12,21-22H,1-4H3. The number of sulfonamides is 2. The Labute approximate surface area is 170 Å². The van der Waals surface area contributed by atoms with Crippen LogP contribution in [0.4, 0.5) is 11.4 Å². The van der Waals surface area contributed by atoms with Crippen molar-refractivity contribution in [2.45, 2.75) is 30.6 Å². The van der Waals surface area contributed by atoms with Gasteiger partial charge in [0.2, 0.25) is 0 Å². The molecular formula is C19H22N4O4S2. The quantitative estimate of drug-likeness (QED) is 0.620. The molecule has 154 valence electrons. The lowest BCUT2D eigenvalue weighted by Gasteiger charge is -2.11. The van der Waals surface area contributed by atoms with Crippen molar-refractivity contribution in [3.8, 4) is 0 Å². The summed E-state index contributed by atoms with van der Waals surface area (Å²) in [6.45, 7) is 5.18. The van der Waals surface area contributed by atoms with Crippen LogP contribution in [-0.2, 0) is 27.1 Å². The Kier molecular flexibility index (Phi) is 5.42. The summed E-state index contributed by atoms with van der Waals surface area (Å²) in [4.78, 5) is 0.277. The molecule has 0 radical (unpaired) electrons. The highest BCUT2D eigenvalue weighted by molar-refractivity contribution is 7.93. The first-order valence-corrected chi connectivity index (χ1v) is 11.7. The van der Waals surface area contributed by atoms with Crippen LogP contribution in [0.1, 0.15) is 17.0 Å². The van der Waals surface area contributed by atoms with Gasteiger partial charge in [0.1, 0.15) is 4.90 Å². The minimum atomic E-state index is -3.82. The zero-order valence-electron chi connectivity index (χ0n) is 16.5. The maximum absolute atomic E-state index is 12.7. The van der Waals surface area contributed by atoms with Gasteiger partial charge in [0.05, 0.1) is 16.3 Å². The van der Waals surface area contributed by atoms with Crippen LogP contribution >= 0.6 is 0 Å². The van der Waals surface area contributed by atoms with Crippen molar-refractivity contribution in [3.63, 3.8) is 0 Å². The Hall–Kier alpha value is -2.85. The van der Waals surface area contributed by atoms with E-state index in [-0.39, 0.29) is 9.79 Å². The lowest BCUT2D eigenvalue weighted by molar-refractivity contribution is 0.598. The highest BCUT2D eigenvalue weighted by atomic mass is 32.2. The van der Waals surface area contributed by atoms with Crippen molar-refractivity contribution >= 4 is 31.4 Å². The van der Waals surface area contributed by atoms with Crippen LogP contribution in [0.5, 0.6) is 0 Å². The van der Waals surface area contributed by atoms with E-state index in [1.54, 1.807) is 33.0 Å². The van der Waals surface area contributed by atoms with Crippen molar-refractivity contribution in [1.82, 2.24) is 9.78 Å². The normalized spacial score (nSPS) is 12.0. The average molecular weight is 435 g/mol. The summed E-state index contributed by atoms with van der Waals surface area (Å²) in [5.74, 6) is 0. The Morgan fingerprint density at radius 2 is 1.24 bits per heavy atom. The first kappa shape index (κ1) is 20.9. The Morgan fingerprint density at radius 1 is 0.759 bits per heavy atom. The molecule has 0 saturated carbocycles. The zero-order chi connectivity index (χ0) is 21.4. The third kappa shape index (κ3) is 4.43. The smallest absolute Gasteiger partial charge is 0.265 e. The van der Waals surface area contributed by atoms with Crippen LogP contribution < -0.4 is 9.44 Å². The second kappa shape index (κ2) is 7.53. The molecule has 0 spiro atoms. The molecule has 1 heterocycles. The second-order valence-corrected chi connectivity index (χ2v) is 10.0. The van der Waals surface area contributed by atoms with Gasteiger partial charge < -0.3 is 0 Å². The van der Waals surface area contributed by atoms with Crippen LogP contribution in [0.25, 0.3) is 0 Å². The van der Waals surface area contributed by atoms with E-state index in [0.717, 1.165) is 5.56 Å². The number of anilines is 2. The molecule has 0 fully saturated rings. The average Bonchev–Trinajstić information content (AvgIpc) is 2.89. The summed E-state index contributed by atoms with van der Waals surface area (Å²) < 4.78 is 56.8. The number of aryl methyl sites for hydroxylation is 3. The molecule has 0 aliphatic carbocycles. The van der Waals surface area contributed by atoms with Gasteiger partial charge in [-0.1, -0.05) is 17.7 Å². The number of nitrogens with zero attached hydrogens (tertiary/aromatic N) is 2. The third-order valence-electron chi connectivity index (χ3n) is 4.43. The molecule has 29 heavy (non-hydrogen) atoms. The molecular weight excluding hydrogens is 412 g/mol. The van der Waals surface area contributed by atoms with Crippen molar-refractivity contribution in [3.05, 3.63) is 65.5 Å². The molecule has 0 aliphatic rings. The van der Waals surface area contributed by atoms with E-state index >= 15 is 0 Å². The number of aromatic nitrogens is 2. The maximum Gasteiger partial charge on any atom is 0.265 e. The molecule has 0 aliphatic heterocycles. The predicted molar refractivity (Wildman–Crippen MR) is 112 cm³/mol. The number of nitrogens with one attached hydrogen (secondary N) is 2. The lowest BCUT2D eigenvalue weighted by atomic mass is 10.2. The first-order chi connectivity index (χ1) is 13.5. The molecule has 8 nitrogen and oxygen atoms in total. The largest absolute Gasteiger partial charge is 0.280 e. The first-order valence-electron chi connectivity index (χ1n) is 8.72. The van der Waals surface area contributed by atoms with Gasteiger partial charge in [0, 0.05) is 18.4 Å². The van der Waals surface area contributed by atoms with Crippen molar-refractivity contribution < 1.29 is 16.8 Å². The van der Waals surface area contributed by atoms with Gasteiger partial charge >= 0.3 is 0 Å². The topological polar surface area (TPSA) is 110 Å². The van der Waals surface area contributed by atoms with Crippen LogP contribution in [0.2, 0.25) is 0 Å². The monoisotopic (exact) mass is 434 g/mol. The minimum absolute atomic E-state index is 0.129. The molecule has 1 aromatic heterocycles. The predicted octanol–water partition coefficient (Wildman–Crippen LogP) is 2.95. The van der Waals surface area contributed by atoms with E-state index in [9.17, 15) is 16.8 Å². The van der Waals surface area contributed by atoms with E-state index in [4.69, 9.17) is 0 Å². The molecule has 0 bridgehead atoms. The summed E-state index contributed by atoms with van der Waals surface area (Å²) in [5.41, 5.74) is 2.52. The Balaban J connectivity index is 1.79. The van der Waals surface area contributed by atoms with Crippen molar-refractivity contribution in [1.29, 1.82) is 0 Å². The summed E-state index contributed by atoms with van der Waals surface area (Å²) in [6, 6.07) is 12.5. The van der Waals surface area contributed by atoms with Gasteiger partial charge in [-0.15, -0.1) is 0 Å². The molecule has 2 N–H and O–H groups in total. The van der Waals surface area contributed by atoms with Gasteiger partial charge in [-0.25, -0.2) is 16.8 Å². The molecule has 3 aromatic rings. The number of benzene rings is 2. The van der Waals surface area contributed by atoms with E-state index in [2.05, 4.69) is 14.5 Å². The summed E-state index contributed by atoms with van der Waals surface area (Å²) in [7, 11) is -5.87. The molecule has 2 aromatic carbocycles. The fourth-order valence-electron chi connectivity index (χ4n) is 2.89. The minimum Gasteiger partial charge on any atom is -0.280 e. The molecule has 0 saturated heterocycles. The summed E-state index contributed by atoms with van der Waals surface area (Å²) in [6.07, 6.45) is 0. The van der Waals surface area contributed by atoms with Crippen LogP contribution in [0.3, 0.4) is 0 Å². The summed E-state index contributed by atoms with van der Waals surface area (Å²) >= 11 is 0. The Morgan fingerprint density at radius 3 is 1.69 bits per heavy atom. The third-order valence-corrected chi connectivity index (χ3v) is 7.46. The fourth-order valence-corrected chi connectivity index (χ4v) is 5.44. The van der Waals surface area contributed by atoms with Gasteiger partial charge in [-0.05, 0) is 57.2 Å². The van der Waals surface area contributed by atoms with Crippen molar-refractivity contribution in [2.75, 3.05) is 9.44 Å². The van der Waals surface area contributed by atoms with E-state index in [0.29, 0.717) is 22.8 Å². The fraction of sp³-hybridized carbons (Fsp3) is 0.211. The number of hydrogen-bond acceptors (Lipinski definition) is 5. The molecule has 10 heteroatoms. The van der Waals surface area contributed by atoms with Gasteiger partial charge in [0.15, 0.2) is 0 Å². The van der Waals surface area contributed by atoms with E-state index in [1.165, 1.54) is 41.1 Å². The Bertz CT molecular complexity index is 1240. The highest BCUT2D eigenvalue weighted by Crippen LogP contribution is 2.24. The van der Waals surface area contributed by atoms with Gasteiger partial charge in [0.25, 0.3) is 20.0 Å². The molecule has 0 unspecified atom stereocenters. The van der Waals surface area contributed by atoms with Gasteiger partial charge in [-0.2, -0.15) is 5.10 Å². The summed E-state index contributed by atoms with van der Waals surface area (Å²) in [5, 5.41) is 4.13. The van der Waals surface area contributed by atoms with Crippen molar-refractivity contribution in [2.24, 2.45) is 7.05 Å². The molecule has 3 rings (SSSR count). The number of rotatable bonds is 6. The SMILES string of the molecule is Cc1ccc(S(=O)(=O)Nc2ccc(NS(=O)(=O)c3c(C)nn(C)c3C)cc2)cc1. The second-order valence-electron chi connectivity index (χ2n) is 6.72. The van der Waals surface area contributed by atoms with Crippen LogP contribution in [-0.4, -0.2) is 26.6 Å². The molecule has 0 amide bonds. The number of hydrogen-bond donors (Lipinski definition) is 2.